The first-order valence-electron chi connectivity index (χ1n) is 10.7. The second-order valence-corrected chi connectivity index (χ2v) is 8.62. The van der Waals surface area contributed by atoms with E-state index in [4.69, 9.17) is 11.6 Å². The van der Waals surface area contributed by atoms with E-state index in [1.807, 2.05) is 24.3 Å². The normalized spacial score (nSPS) is 22.4. The number of rotatable bonds is 7. The zero-order valence-corrected chi connectivity index (χ0v) is 17.9. The maximum atomic E-state index is 12.5. The van der Waals surface area contributed by atoms with Crippen molar-refractivity contribution in [2.45, 2.75) is 32.4 Å². The van der Waals surface area contributed by atoms with Crippen molar-refractivity contribution in [1.29, 1.82) is 0 Å². The Hall–Kier alpha value is -1.88. The molecule has 2 aromatic carbocycles. The Morgan fingerprint density at radius 2 is 1.66 bits per heavy atom. The molecule has 154 valence electrons. The Labute approximate surface area is 178 Å². The molecule has 29 heavy (non-hydrogen) atoms. The third-order valence-corrected chi connectivity index (χ3v) is 6.58. The van der Waals surface area contributed by atoms with Gasteiger partial charge in [0.1, 0.15) is 0 Å². The van der Waals surface area contributed by atoms with Gasteiger partial charge in [0.15, 0.2) is 0 Å². The van der Waals surface area contributed by atoms with Crippen LogP contribution in [0, 0.1) is 5.92 Å². The molecule has 5 heteroatoms. The van der Waals surface area contributed by atoms with E-state index in [0.717, 1.165) is 61.8 Å². The number of nitrogens with zero attached hydrogens (tertiary/aromatic N) is 2. The van der Waals surface area contributed by atoms with Gasteiger partial charge in [-0.2, -0.15) is 0 Å². The lowest BCUT2D eigenvalue weighted by atomic mass is 10.1. The molecule has 0 spiro atoms. The quantitative estimate of drug-likeness (QED) is 0.750. The van der Waals surface area contributed by atoms with Crippen molar-refractivity contribution in [3.63, 3.8) is 0 Å². The van der Waals surface area contributed by atoms with Gasteiger partial charge in [-0.15, -0.1) is 0 Å². The summed E-state index contributed by atoms with van der Waals surface area (Å²) in [6.45, 7) is 9.57. The molecule has 0 bridgehead atoms. The van der Waals surface area contributed by atoms with E-state index < -0.39 is 0 Å². The number of amides is 1. The third-order valence-electron chi connectivity index (χ3n) is 6.24. The summed E-state index contributed by atoms with van der Waals surface area (Å²) in [5, 5.41) is 3.86. The highest BCUT2D eigenvalue weighted by Gasteiger charge is 2.44. The van der Waals surface area contributed by atoms with Gasteiger partial charge in [-0.1, -0.05) is 61.0 Å². The minimum atomic E-state index is 0.0518. The first-order chi connectivity index (χ1) is 14.1. The van der Waals surface area contributed by atoms with Crippen LogP contribution in [0.4, 0.5) is 0 Å². The molecule has 1 aliphatic heterocycles. The van der Waals surface area contributed by atoms with Crippen molar-refractivity contribution >= 4 is 17.5 Å². The summed E-state index contributed by atoms with van der Waals surface area (Å²) >= 11 is 6.26. The fraction of sp³-hybridized carbons (Fsp3) is 0.458. The van der Waals surface area contributed by atoms with E-state index in [1.165, 1.54) is 5.56 Å². The van der Waals surface area contributed by atoms with Gasteiger partial charge in [0.05, 0.1) is 0 Å². The number of carbonyl (C=O) groups is 1. The van der Waals surface area contributed by atoms with E-state index in [-0.39, 0.29) is 17.7 Å². The number of carbonyl (C=O) groups excluding carboxylic acids is 1. The van der Waals surface area contributed by atoms with Crippen molar-refractivity contribution in [1.82, 2.24) is 15.1 Å². The maximum Gasteiger partial charge on any atom is 0.224 e. The fourth-order valence-corrected chi connectivity index (χ4v) is 4.48. The average molecular weight is 412 g/mol. The summed E-state index contributed by atoms with van der Waals surface area (Å²) in [6, 6.07) is 16.5. The first-order valence-corrected chi connectivity index (χ1v) is 11.1. The van der Waals surface area contributed by atoms with Gasteiger partial charge in [0, 0.05) is 50.2 Å². The van der Waals surface area contributed by atoms with Crippen molar-refractivity contribution in [3.8, 4) is 0 Å². The van der Waals surface area contributed by atoms with Gasteiger partial charge in [0.25, 0.3) is 0 Å². The molecule has 1 saturated heterocycles. The number of halogens is 1. The van der Waals surface area contributed by atoms with Crippen LogP contribution in [-0.4, -0.2) is 48.4 Å². The van der Waals surface area contributed by atoms with Crippen LogP contribution in [-0.2, 0) is 17.9 Å². The molecule has 2 fully saturated rings. The summed E-state index contributed by atoms with van der Waals surface area (Å²) in [4.78, 5) is 17.5. The van der Waals surface area contributed by atoms with Crippen molar-refractivity contribution < 1.29 is 4.79 Å². The molecule has 1 saturated carbocycles. The molecule has 2 atom stereocenters. The predicted molar refractivity (Wildman–Crippen MR) is 118 cm³/mol. The number of piperazine rings is 1. The molecule has 2 unspecified atom stereocenters. The van der Waals surface area contributed by atoms with Crippen LogP contribution in [0.2, 0.25) is 5.02 Å². The molecular formula is C24H30ClN3O. The lowest BCUT2D eigenvalue weighted by molar-refractivity contribution is -0.122. The van der Waals surface area contributed by atoms with Crippen LogP contribution in [0.3, 0.4) is 0 Å². The van der Waals surface area contributed by atoms with Gasteiger partial charge in [-0.25, -0.2) is 0 Å². The molecule has 0 radical (unpaired) electrons. The molecule has 4 nitrogen and oxygen atoms in total. The van der Waals surface area contributed by atoms with Crippen LogP contribution >= 0.6 is 11.6 Å². The molecular weight excluding hydrogens is 382 g/mol. The highest BCUT2D eigenvalue weighted by molar-refractivity contribution is 6.31. The minimum Gasteiger partial charge on any atom is -0.352 e. The summed E-state index contributed by atoms with van der Waals surface area (Å²) in [5.74, 6) is 0.447. The van der Waals surface area contributed by atoms with Crippen LogP contribution in [0.25, 0.3) is 0 Å². The molecule has 1 N–H and O–H groups in total. The maximum absolute atomic E-state index is 12.5. The average Bonchev–Trinajstić information content (AvgIpc) is 3.55. The fourth-order valence-electron chi connectivity index (χ4n) is 4.21. The molecule has 1 aliphatic carbocycles. The smallest absolute Gasteiger partial charge is 0.224 e. The lowest BCUT2D eigenvalue weighted by Crippen LogP contribution is -2.45. The van der Waals surface area contributed by atoms with E-state index in [1.54, 1.807) is 0 Å². The molecule has 4 rings (SSSR count). The van der Waals surface area contributed by atoms with Gasteiger partial charge in [0.2, 0.25) is 5.91 Å². The number of hydrogen-bond acceptors (Lipinski definition) is 3. The van der Waals surface area contributed by atoms with Crippen molar-refractivity contribution in [2.75, 3.05) is 32.7 Å². The van der Waals surface area contributed by atoms with Gasteiger partial charge in [-0.3, -0.25) is 9.69 Å². The standard InChI is InChI=1S/C24H30ClN3O/c1-2-27-11-13-28(14-12-27)17-19-9-7-18(8-10-19)16-26-24(29)22-15-21(22)20-5-3-4-6-23(20)25/h3-10,21-22H,2,11-17H2,1H3,(H,26,29). The monoisotopic (exact) mass is 411 g/mol. The Kier molecular flexibility index (Phi) is 6.53. The van der Waals surface area contributed by atoms with E-state index in [2.05, 4.69) is 46.3 Å². The Bertz CT molecular complexity index is 830. The number of likely N-dealkylation sites (N-methyl/N-ethyl adjacent to an activating group) is 1. The van der Waals surface area contributed by atoms with Gasteiger partial charge < -0.3 is 10.2 Å². The Balaban J connectivity index is 1.23. The summed E-state index contributed by atoms with van der Waals surface area (Å²) in [6.07, 6.45) is 0.889. The van der Waals surface area contributed by atoms with E-state index in [9.17, 15) is 4.79 Å². The molecule has 0 aromatic heterocycles. The van der Waals surface area contributed by atoms with Crippen LogP contribution < -0.4 is 5.32 Å². The molecule has 2 aliphatic rings. The zero-order chi connectivity index (χ0) is 20.2. The molecule has 1 heterocycles. The summed E-state index contributed by atoms with van der Waals surface area (Å²) in [7, 11) is 0. The van der Waals surface area contributed by atoms with Gasteiger partial charge in [-0.05, 0) is 41.6 Å². The SMILES string of the molecule is CCN1CCN(Cc2ccc(CNC(=O)C3CC3c3ccccc3Cl)cc2)CC1. The van der Waals surface area contributed by atoms with Crippen molar-refractivity contribution in [2.24, 2.45) is 5.92 Å². The largest absolute Gasteiger partial charge is 0.352 e. The minimum absolute atomic E-state index is 0.0518. The predicted octanol–water partition coefficient (Wildman–Crippen LogP) is 3.90. The van der Waals surface area contributed by atoms with Crippen LogP contribution in [0.5, 0.6) is 0 Å². The third kappa shape index (κ3) is 5.19. The summed E-state index contributed by atoms with van der Waals surface area (Å²) < 4.78 is 0. The highest BCUT2D eigenvalue weighted by atomic mass is 35.5. The lowest BCUT2D eigenvalue weighted by Gasteiger charge is -2.34. The molecule has 1 amide bonds. The van der Waals surface area contributed by atoms with Crippen LogP contribution in [0.15, 0.2) is 48.5 Å². The first kappa shape index (κ1) is 20.4. The second-order valence-electron chi connectivity index (χ2n) is 8.21. The number of hydrogen-bond donors (Lipinski definition) is 1. The Morgan fingerprint density at radius 1 is 1.00 bits per heavy atom. The number of benzene rings is 2. The Morgan fingerprint density at radius 3 is 2.34 bits per heavy atom. The van der Waals surface area contributed by atoms with Gasteiger partial charge >= 0.3 is 0 Å². The highest BCUT2D eigenvalue weighted by Crippen LogP contribution is 2.49. The second kappa shape index (κ2) is 9.29. The van der Waals surface area contributed by atoms with E-state index in [0.29, 0.717) is 6.54 Å². The molecule has 2 aromatic rings. The summed E-state index contributed by atoms with van der Waals surface area (Å²) in [5.41, 5.74) is 3.58. The number of nitrogens with one attached hydrogen (secondary N) is 1. The van der Waals surface area contributed by atoms with Crippen molar-refractivity contribution in [3.05, 3.63) is 70.2 Å². The zero-order valence-electron chi connectivity index (χ0n) is 17.1. The van der Waals surface area contributed by atoms with Crippen LogP contribution in [0.1, 0.15) is 36.0 Å². The topological polar surface area (TPSA) is 35.6 Å². The van der Waals surface area contributed by atoms with E-state index >= 15 is 0 Å².